The molecule has 0 radical (unpaired) electrons. The number of nitrogens with zero attached hydrogens (tertiary/aromatic N) is 2. The van der Waals surface area contributed by atoms with Crippen LogP contribution in [0.3, 0.4) is 0 Å². The molecule has 7 nitrogen and oxygen atoms in total. The molecule has 2 amide bonds. The highest BCUT2D eigenvalue weighted by Gasteiger charge is 2.32. The summed E-state index contributed by atoms with van der Waals surface area (Å²) in [6.45, 7) is 7.51. The lowest BCUT2D eigenvalue weighted by atomic mass is 10.1. The normalized spacial score (nSPS) is 13.1. The van der Waals surface area contributed by atoms with E-state index in [1.807, 2.05) is 57.2 Å². The summed E-state index contributed by atoms with van der Waals surface area (Å²) in [6, 6.07) is 16.1. The van der Waals surface area contributed by atoms with Gasteiger partial charge in [-0.05, 0) is 50.3 Å². The van der Waals surface area contributed by atoms with E-state index >= 15 is 0 Å². The number of para-hydroxylation sites is 1. The minimum absolute atomic E-state index is 0.0212. The highest BCUT2D eigenvalue weighted by atomic mass is 32.2. The van der Waals surface area contributed by atoms with Gasteiger partial charge in [-0.2, -0.15) is 0 Å². The van der Waals surface area contributed by atoms with Crippen LogP contribution in [0.15, 0.2) is 54.6 Å². The van der Waals surface area contributed by atoms with Gasteiger partial charge in [0.25, 0.3) is 0 Å². The third kappa shape index (κ3) is 7.58. The Morgan fingerprint density at radius 1 is 0.971 bits per heavy atom. The van der Waals surface area contributed by atoms with E-state index in [0.29, 0.717) is 25.1 Å². The van der Waals surface area contributed by atoms with Gasteiger partial charge in [-0.15, -0.1) is 0 Å². The summed E-state index contributed by atoms with van der Waals surface area (Å²) in [5.41, 5.74) is 2.24. The first-order valence-corrected chi connectivity index (χ1v) is 13.6. The number of aryl methyl sites for hydroxylation is 1. The van der Waals surface area contributed by atoms with E-state index in [4.69, 9.17) is 0 Å². The number of nitrogens with one attached hydrogen (secondary N) is 1. The zero-order valence-corrected chi connectivity index (χ0v) is 21.6. The second-order valence-corrected chi connectivity index (χ2v) is 10.5. The van der Waals surface area contributed by atoms with Crippen LogP contribution in [0, 0.1) is 6.92 Å². The van der Waals surface area contributed by atoms with E-state index in [2.05, 4.69) is 5.32 Å². The second-order valence-electron chi connectivity index (χ2n) is 8.62. The number of sulfonamides is 1. The third-order valence-corrected chi connectivity index (χ3v) is 7.06. The lowest BCUT2D eigenvalue weighted by molar-refractivity contribution is -0.139. The number of benzene rings is 2. The molecule has 2 aromatic carbocycles. The Hall–Kier alpha value is -2.87. The molecule has 1 N–H and O–H groups in total. The molecule has 8 heteroatoms. The lowest BCUT2D eigenvalue weighted by Crippen LogP contribution is -2.54. The molecule has 0 fully saturated rings. The summed E-state index contributed by atoms with van der Waals surface area (Å²) in [7, 11) is -3.73. The maximum atomic E-state index is 13.6. The Morgan fingerprint density at radius 2 is 1.59 bits per heavy atom. The van der Waals surface area contributed by atoms with Crippen LogP contribution in [-0.4, -0.2) is 56.6 Å². The largest absolute Gasteiger partial charge is 0.352 e. The van der Waals surface area contributed by atoms with E-state index in [0.717, 1.165) is 28.1 Å². The fourth-order valence-corrected chi connectivity index (χ4v) is 4.68. The van der Waals surface area contributed by atoms with Crippen molar-refractivity contribution in [3.63, 3.8) is 0 Å². The van der Waals surface area contributed by atoms with Gasteiger partial charge in [0.05, 0.1) is 11.9 Å². The summed E-state index contributed by atoms with van der Waals surface area (Å²) in [4.78, 5) is 28.2. The molecule has 2 atom stereocenters. The van der Waals surface area contributed by atoms with E-state index in [9.17, 15) is 18.0 Å². The first-order chi connectivity index (χ1) is 16.1. The van der Waals surface area contributed by atoms with Crippen LogP contribution >= 0.6 is 0 Å². The van der Waals surface area contributed by atoms with Gasteiger partial charge in [0.2, 0.25) is 21.8 Å². The van der Waals surface area contributed by atoms with Crippen molar-refractivity contribution in [1.82, 2.24) is 10.2 Å². The van der Waals surface area contributed by atoms with Gasteiger partial charge in [-0.1, -0.05) is 62.4 Å². The Balaban J connectivity index is 2.37. The topological polar surface area (TPSA) is 86.8 Å². The number of carbonyl (C=O) groups excluding carboxylic acids is 2. The first kappa shape index (κ1) is 27.4. The van der Waals surface area contributed by atoms with Crippen LogP contribution in [0.5, 0.6) is 0 Å². The SMILES string of the molecule is CC[C@H](C(=O)N[C@@H](C)CC)N(CCc1ccccc1)C(=O)CN(c1ccccc1C)S(C)(=O)=O. The first-order valence-electron chi connectivity index (χ1n) is 11.8. The Bertz CT molecular complexity index is 1060. The molecule has 0 spiro atoms. The average Bonchev–Trinajstić information content (AvgIpc) is 2.80. The van der Waals surface area contributed by atoms with Crippen molar-refractivity contribution in [1.29, 1.82) is 0 Å². The highest BCUT2D eigenvalue weighted by molar-refractivity contribution is 7.92. The molecular weight excluding hydrogens is 450 g/mol. The predicted octanol–water partition coefficient (Wildman–Crippen LogP) is 3.53. The van der Waals surface area contributed by atoms with Crippen molar-refractivity contribution in [2.45, 2.75) is 59.0 Å². The maximum absolute atomic E-state index is 13.6. The standard InChI is InChI=1S/C26H37N3O4S/c1-6-21(4)27-26(31)23(7-2)28(18-17-22-14-9-8-10-15-22)25(30)19-29(34(5,32)33)24-16-12-11-13-20(24)3/h8-16,21,23H,6-7,17-19H2,1-5H3,(H,27,31)/t21-,23+/m0/s1. The predicted molar refractivity (Wildman–Crippen MR) is 137 cm³/mol. The van der Waals surface area contributed by atoms with Gasteiger partial charge in [-0.25, -0.2) is 8.42 Å². The van der Waals surface area contributed by atoms with Gasteiger partial charge < -0.3 is 10.2 Å². The number of hydrogen-bond acceptors (Lipinski definition) is 4. The van der Waals surface area contributed by atoms with Gasteiger partial charge in [0.1, 0.15) is 12.6 Å². The molecule has 0 aliphatic rings. The van der Waals surface area contributed by atoms with Crippen LogP contribution in [0.4, 0.5) is 5.69 Å². The Labute approximate surface area is 204 Å². The molecule has 0 saturated carbocycles. The molecule has 0 aliphatic heterocycles. The van der Waals surface area contributed by atoms with Crippen LogP contribution in [0.1, 0.15) is 44.7 Å². The zero-order chi connectivity index (χ0) is 25.3. The number of amides is 2. The van der Waals surface area contributed by atoms with E-state index in [-0.39, 0.29) is 18.5 Å². The molecule has 0 aliphatic carbocycles. The zero-order valence-electron chi connectivity index (χ0n) is 20.8. The fourth-order valence-electron chi connectivity index (χ4n) is 3.78. The van der Waals surface area contributed by atoms with Crippen molar-refractivity contribution in [2.24, 2.45) is 0 Å². The molecule has 2 aromatic rings. The number of anilines is 1. The van der Waals surface area contributed by atoms with Crippen molar-refractivity contribution < 1.29 is 18.0 Å². The van der Waals surface area contributed by atoms with Crippen LogP contribution < -0.4 is 9.62 Å². The van der Waals surface area contributed by atoms with Gasteiger partial charge in [0.15, 0.2) is 0 Å². The summed E-state index contributed by atoms with van der Waals surface area (Å²) < 4.78 is 26.4. The monoisotopic (exact) mass is 487 g/mol. The quantitative estimate of drug-likeness (QED) is 0.496. The molecule has 34 heavy (non-hydrogen) atoms. The van der Waals surface area contributed by atoms with Gasteiger partial charge >= 0.3 is 0 Å². The second kappa shape index (κ2) is 12.6. The average molecular weight is 488 g/mol. The number of rotatable bonds is 12. The molecule has 0 heterocycles. The number of carbonyl (C=O) groups is 2. The fraction of sp³-hybridized carbons (Fsp3) is 0.462. The van der Waals surface area contributed by atoms with Crippen molar-refractivity contribution in [3.8, 4) is 0 Å². The minimum Gasteiger partial charge on any atom is -0.352 e. The third-order valence-electron chi connectivity index (χ3n) is 5.93. The molecular formula is C26H37N3O4S. The van der Waals surface area contributed by atoms with Crippen LogP contribution in [-0.2, 0) is 26.0 Å². The molecule has 0 aromatic heterocycles. The molecule has 0 bridgehead atoms. The Kier molecular flexibility index (Phi) is 10.1. The number of hydrogen-bond donors (Lipinski definition) is 1. The summed E-state index contributed by atoms with van der Waals surface area (Å²) in [5.74, 6) is -0.629. The van der Waals surface area contributed by atoms with Gasteiger partial charge in [-0.3, -0.25) is 13.9 Å². The minimum atomic E-state index is -3.73. The molecule has 2 rings (SSSR count). The van der Waals surface area contributed by atoms with E-state index in [1.54, 1.807) is 25.1 Å². The van der Waals surface area contributed by atoms with Crippen LogP contribution in [0.2, 0.25) is 0 Å². The maximum Gasteiger partial charge on any atom is 0.244 e. The lowest BCUT2D eigenvalue weighted by Gasteiger charge is -2.33. The highest BCUT2D eigenvalue weighted by Crippen LogP contribution is 2.22. The van der Waals surface area contributed by atoms with Crippen molar-refractivity contribution in [2.75, 3.05) is 23.7 Å². The molecule has 186 valence electrons. The van der Waals surface area contributed by atoms with E-state index in [1.165, 1.54) is 4.90 Å². The molecule has 0 saturated heterocycles. The summed E-state index contributed by atoms with van der Waals surface area (Å²) >= 11 is 0. The van der Waals surface area contributed by atoms with Crippen molar-refractivity contribution >= 4 is 27.5 Å². The summed E-state index contributed by atoms with van der Waals surface area (Å²) in [5, 5.41) is 2.97. The summed E-state index contributed by atoms with van der Waals surface area (Å²) in [6.07, 6.45) is 2.85. The van der Waals surface area contributed by atoms with Gasteiger partial charge in [0, 0.05) is 12.6 Å². The Morgan fingerprint density at radius 3 is 2.15 bits per heavy atom. The molecule has 0 unspecified atom stereocenters. The van der Waals surface area contributed by atoms with Crippen LogP contribution in [0.25, 0.3) is 0 Å². The smallest absolute Gasteiger partial charge is 0.244 e. The van der Waals surface area contributed by atoms with E-state index < -0.39 is 22.0 Å². The van der Waals surface area contributed by atoms with Crippen molar-refractivity contribution in [3.05, 3.63) is 65.7 Å².